The monoisotopic (exact) mass is 221 g/mol. The van der Waals surface area contributed by atoms with Crippen LogP contribution in [0.15, 0.2) is 18.2 Å². The number of carbonyl (C=O) groups is 1. The second-order valence-corrected chi connectivity index (χ2v) is 3.88. The number of phenols is 1. The first-order chi connectivity index (χ1) is 7.72. The van der Waals surface area contributed by atoms with Gasteiger partial charge in [0.2, 0.25) is 0 Å². The first-order valence-corrected chi connectivity index (χ1v) is 5.38. The van der Waals surface area contributed by atoms with Gasteiger partial charge in [0.15, 0.2) is 0 Å². The number of aromatic hydroxyl groups is 1. The molecule has 0 aliphatic carbocycles. The highest BCUT2D eigenvalue weighted by Gasteiger charge is 2.22. The SMILES string of the molecule is COc1ccc(O)c(C(=O)N2CCCC2)c1. The molecule has 0 atom stereocenters. The van der Waals surface area contributed by atoms with Crippen molar-refractivity contribution in [1.29, 1.82) is 0 Å². The number of hydrogen-bond acceptors (Lipinski definition) is 3. The lowest BCUT2D eigenvalue weighted by Gasteiger charge is -2.16. The van der Waals surface area contributed by atoms with Gasteiger partial charge in [-0.05, 0) is 31.0 Å². The van der Waals surface area contributed by atoms with Crippen LogP contribution in [0.25, 0.3) is 0 Å². The molecule has 0 aromatic heterocycles. The summed E-state index contributed by atoms with van der Waals surface area (Å²) >= 11 is 0. The van der Waals surface area contributed by atoms with Gasteiger partial charge in [-0.2, -0.15) is 0 Å². The summed E-state index contributed by atoms with van der Waals surface area (Å²) in [6.07, 6.45) is 2.08. The molecule has 16 heavy (non-hydrogen) atoms. The fraction of sp³-hybridized carbons (Fsp3) is 0.417. The van der Waals surface area contributed by atoms with Gasteiger partial charge in [0, 0.05) is 13.1 Å². The fourth-order valence-electron chi connectivity index (χ4n) is 1.90. The minimum absolute atomic E-state index is 0.0118. The van der Waals surface area contributed by atoms with Gasteiger partial charge in [-0.3, -0.25) is 4.79 Å². The number of benzene rings is 1. The zero-order valence-electron chi connectivity index (χ0n) is 9.27. The zero-order valence-corrected chi connectivity index (χ0v) is 9.27. The van der Waals surface area contributed by atoms with Gasteiger partial charge < -0.3 is 14.7 Å². The minimum atomic E-state index is -0.117. The van der Waals surface area contributed by atoms with E-state index in [1.807, 2.05) is 0 Å². The molecule has 1 aromatic rings. The lowest BCUT2D eigenvalue weighted by Crippen LogP contribution is -2.27. The Hall–Kier alpha value is -1.71. The Morgan fingerprint density at radius 3 is 2.69 bits per heavy atom. The second kappa shape index (κ2) is 4.43. The molecule has 1 aromatic carbocycles. The van der Waals surface area contributed by atoms with Gasteiger partial charge in [0.05, 0.1) is 12.7 Å². The number of nitrogens with zero attached hydrogens (tertiary/aromatic N) is 1. The first-order valence-electron chi connectivity index (χ1n) is 5.38. The number of hydrogen-bond donors (Lipinski definition) is 1. The molecular weight excluding hydrogens is 206 g/mol. The Kier molecular flexibility index (Phi) is 2.99. The molecule has 1 heterocycles. The maximum atomic E-state index is 12.0. The lowest BCUT2D eigenvalue weighted by atomic mass is 10.1. The van der Waals surface area contributed by atoms with Crippen molar-refractivity contribution < 1.29 is 14.6 Å². The quantitative estimate of drug-likeness (QED) is 0.825. The van der Waals surface area contributed by atoms with Crippen LogP contribution in [0.1, 0.15) is 23.2 Å². The van der Waals surface area contributed by atoms with E-state index in [9.17, 15) is 9.90 Å². The number of phenolic OH excluding ortho intramolecular Hbond substituents is 1. The average Bonchev–Trinajstić information content (AvgIpc) is 2.82. The molecule has 2 rings (SSSR count). The predicted molar refractivity (Wildman–Crippen MR) is 59.8 cm³/mol. The third kappa shape index (κ3) is 1.96. The van der Waals surface area contributed by atoms with Crippen LogP contribution >= 0.6 is 0 Å². The highest BCUT2D eigenvalue weighted by molar-refractivity contribution is 5.97. The summed E-state index contributed by atoms with van der Waals surface area (Å²) in [5.74, 6) is 0.479. The molecule has 1 fully saturated rings. The normalized spacial score (nSPS) is 15.2. The van der Waals surface area contributed by atoms with Crippen LogP contribution < -0.4 is 4.74 Å². The topological polar surface area (TPSA) is 49.8 Å². The molecule has 4 nitrogen and oxygen atoms in total. The van der Waals surface area contributed by atoms with Crippen LogP contribution in [0.2, 0.25) is 0 Å². The average molecular weight is 221 g/mol. The van der Waals surface area contributed by atoms with Crippen molar-refractivity contribution in [1.82, 2.24) is 4.90 Å². The van der Waals surface area contributed by atoms with Crippen molar-refractivity contribution in [3.8, 4) is 11.5 Å². The standard InChI is InChI=1S/C12H15NO3/c1-16-9-4-5-11(14)10(8-9)12(15)13-6-2-3-7-13/h4-5,8,14H,2-3,6-7H2,1H3. The summed E-state index contributed by atoms with van der Waals surface area (Å²) in [7, 11) is 1.54. The third-order valence-corrected chi connectivity index (χ3v) is 2.83. The first kappa shape index (κ1) is 10.8. The van der Waals surface area contributed by atoms with Crippen LogP contribution in [0.3, 0.4) is 0 Å². The summed E-state index contributed by atoms with van der Waals surface area (Å²) in [4.78, 5) is 13.8. The van der Waals surface area contributed by atoms with E-state index in [2.05, 4.69) is 0 Å². The Bertz CT molecular complexity index is 397. The van der Waals surface area contributed by atoms with Gasteiger partial charge in [0.1, 0.15) is 11.5 Å². The van der Waals surface area contributed by atoms with Crippen molar-refractivity contribution >= 4 is 5.91 Å². The van der Waals surface area contributed by atoms with E-state index >= 15 is 0 Å². The summed E-state index contributed by atoms with van der Waals surface area (Å²) in [6.45, 7) is 1.55. The highest BCUT2D eigenvalue weighted by atomic mass is 16.5. The van der Waals surface area contributed by atoms with Gasteiger partial charge in [-0.1, -0.05) is 0 Å². The summed E-state index contributed by atoms with van der Waals surface area (Å²) in [6, 6.07) is 4.70. The van der Waals surface area contributed by atoms with E-state index < -0.39 is 0 Å². The number of ether oxygens (including phenoxy) is 1. The summed E-state index contributed by atoms with van der Waals surface area (Å²) in [5, 5.41) is 9.66. The molecule has 1 saturated heterocycles. The largest absolute Gasteiger partial charge is 0.507 e. The van der Waals surface area contributed by atoms with Crippen LogP contribution in [0, 0.1) is 0 Å². The number of rotatable bonds is 2. The van der Waals surface area contributed by atoms with E-state index in [-0.39, 0.29) is 11.7 Å². The van der Waals surface area contributed by atoms with Gasteiger partial charge >= 0.3 is 0 Å². The summed E-state index contributed by atoms with van der Waals surface area (Å²) < 4.78 is 5.04. The number of likely N-dealkylation sites (tertiary alicyclic amines) is 1. The van der Waals surface area contributed by atoms with Gasteiger partial charge in [0.25, 0.3) is 5.91 Å². The smallest absolute Gasteiger partial charge is 0.257 e. The summed E-state index contributed by atoms with van der Waals surface area (Å²) in [5.41, 5.74) is 0.321. The van der Waals surface area contributed by atoms with Crippen molar-refractivity contribution in [2.75, 3.05) is 20.2 Å². The molecule has 0 bridgehead atoms. The molecule has 4 heteroatoms. The Labute approximate surface area is 94.4 Å². The van der Waals surface area contributed by atoms with Gasteiger partial charge in [-0.25, -0.2) is 0 Å². The van der Waals surface area contributed by atoms with Crippen molar-refractivity contribution in [3.05, 3.63) is 23.8 Å². The molecule has 0 unspecified atom stereocenters. The maximum Gasteiger partial charge on any atom is 0.257 e. The van der Waals surface area contributed by atoms with Crippen LogP contribution in [0.5, 0.6) is 11.5 Å². The second-order valence-electron chi connectivity index (χ2n) is 3.88. The molecular formula is C12H15NO3. The number of amides is 1. The minimum Gasteiger partial charge on any atom is -0.507 e. The molecule has 1 N–H and O–H groups in total. The molecule has 1 aliphatic rings. The molecule has 0 saturated carbocycles. The molecule has 86 valence electrons. The Morgan fingerprint density at radius 2 is 2.06 bits per heavy atom. The highest BCUT2D eigenvalue weighted by Crippen LogP contribution is 2.25. The van der Waals surface area contributed by atoms with Crippen molar-refractivity contribution in [2.45, 2.75) is 12.8 Å². The van der Waals surface area contributed by atoms with Crippen molar-refractivity contribution in [3.63, 3.8) is 0 Å². The van der Waals surface area contributed by atoms with Crippen molar-refractivity contribution in [2.24, 2.45) is 0 Å². The Morgan fingerprint density at radius 1 is 1.38 bits per heavy atom. The van der Waals surface area contributed by atoms with Gasteiger partial charge in [-0.15, -0.1) is 0 Å². The van der Waals surface area contributed by atoms with Crippen LogP contribution in [-0.2, 0) is 0 Å². The van der Waals surface area contributed by atoms with Crippen LogP contribution in [-0.4, -0.2) is 36.1 Å². The predicted octanol–water partition coefficient (Wildman–Crippen LogP) is 1.64. The molecule has 0 spiro atoms. The lowest BCUT2D eigenvalue weighted by molar-refractivity contribution is 0.0789. The number of methoxy groups -OCH3 is 1. The van der Waals surface area contributed by atoms with E-state index in [0.29, 0.717) is 11.3 Å². The Balaban J connectivity index is 2.27. The number of carbonyl (C=O) groups excluding carboxylic acids is 1. The van der Waals surface area contributed by atoms with E-state index in [0.717, 1.165) is 25.9 Å². The van der Waals surface area contributed by atoms with Crippen LogP contribution in [0.4, 0.5) is 0 Å². The van der Waals surface area contributed by atoms with E-state index in [1.54, 1.807) is 17.0 Å². The molecule has 0 radical (unpaired) electrons. The fourth-order valence-corrected chi connectivity index (χ4v) is 1.90. The molecule has 1 aliphatic heterocycles. The van der Waals surface area contributed by atoms with E-state index in [1.165, 1.54) is 13.2 Å². The third-order valence-electron chi connectivity index (χ3n) is 2.83. The molecule has 1 amide bonds. The van der Waals surface area contributed by atoms with E-state index in [4.69, 9.17) is 4.74 Å². The maximum absolute atomic E-state index is 12.0. The zero-order chi connectivity index (χ0) is 11.5.